The van der Waals surface area contributed by atoms with E-state index in [9.17, 15) is 9.90 Å². The van der Waals surface area contributed by atoms with Crippen LogP contribution >= 0.6 is 0 Å². The lowest BCUT2D eigenvalue weighted by molar-refractivity contribution is 0.141. The van der Waals surface area contributed by atoms with Gasteiger partial charge in [-0.2, -0.15) is 5.10 Å². The van der Waals surface area contributed by atoms with Crippen LogP contribution in [0.2, 0.25) is 0 Å². The lowest BCUT2D eigenvalue weighted by Gasteiger charge is -2.20. The van der Waals surface area contributed by atoms with Crippen molar-refractivity contribution in [3.05, 3.63) is 53.9 Å². The Bertz CT molecular complexity index is 641. The van der Waals surface area contributed by atoms with Crippen LogP contribution in [0.5, 0.6) is 0 Å². The number of rotatable bonds is 4. The molecule has 1 aromatic carbocycles. The maximum atomic E-state index is 12.1. The quantitative estimate of drug-likeness (QED) is 0.794. The van der Waals surface area contributed by atoms with Crippen LogP contribution < -0.4 is 10.6 Å². The van der Waals surface area contributed by atoms with Crippen molar-refractivity contribution in [2.24, 2.45) is 0 Å². The number of nitrogens with zero attached hydrogens (tertiary/aromatic N) is 2. The van der Waals surface area contributed by atoms with Crippen molar-refractivity contribution < 1.29 is 9.90 Å². The number of amides is 2. The Kier molecular flexibility index (Phi) is 4.11. The highest BCUT2D eigenvalue weighted by Gasteiger charge is 2.31. The number of aliphatic hydroxyl groups excluding tert-OH is 1. The fourth-order valence-electron chi connectivity index (χ4n) is 2.89. The minimum atomic E-state index is -0.579. The van der Waals surface area contributed by atoms with Crippen molar-refractivity contribution >= 4 is 6.03 Å². The zero-order chi connectivity index (χ0) is 15.5. The van der Waals surface area contributed by atoms with Gasteiger partial charge in [0.2, 0.25) is 0 Å². The molecule has 1 aliphatic carbocycles. The number of fused-ring (bicyclic) bond motifs is 1. The molecule has 0 bridgehead atoms. The smallest absolute Gasteiger partial charge is 0.315 e. The third-order valence-corrected chi connectivity index (χ3v) is 3.89. The summed E-state index contributed by atoms with van der Waals surface area (Å²) in [5, 5.41) is 20.0. The van der Waals surface area contributed by atoms with Gasteiger partial charge >= 0.3 is 6.03 Å². The van der Waals surface area contributed by atoms with E-state index in [-0.39, 0.29) is 18.1 Å². The van der Waals surface area contributed by atoms with Crippen molar-refractivity contribution in [2.75, 3.05) is 0 Å². The normalized spacial score (nSPS) is 21.2. The van der Waals surface area contributed by atoms with Crippen molar-refractivity contribution in [3.63, 3.8) is 0 Å². The van der Waals surface area contributed by atoms with Crippen molar-refractivity contribution in [1.82, 2.24) is 20.4 Å². The molecule has 116 valence electrons. The van der Waals surface area contributed by atoms with Gasteiger partial charge in [0.15, 0.2) is 0 Å². The number of hydrogen-bond acceptors (Lipinski definition) is 3. The summed E-state index contributed by atoms with van der Waals surface area (Å²) < 4.78 is 1.77. The van der Waals surface area contributed by atoms with Gasteiger partial charge in [0.05, 0.1) is 18.7 Å². The number of benzene rings is 1. The van der Waals surface area contributed by atoms with Crippen LogP contribution in [0.3, 0.4) is 0 Å². The van der Waals surface area contributed by atoms with Crippen LogP contribution in [0.15, 0.2) is 42.7 Å². The molecule has 3 rings (SSSR count). The van der Waals surface area contributed by atoms with E-state index in [1.807, 2.05) is 43.5 Å². The molecular weight excluding hydrogens is 280 g/mol. The maximum Gasteiger partial charge on any atom is 0.315 e. The minimum Gasteiger partial charge on any atom is -0.390 e. The zero-order valence-corrected chi connectivity index (χ0v) is 12.4. The Hall–Kier alpha value is -2.34. The molecule has 0 fully saturated rings. The third kappa shape index (κ3) is 3.12. The van der Waals surface area contributed by atoms with E-state index in [0.717, 1.165) is 11.1 Å². The van der Waals surface area contributed by atoms with E-state index in [1.54, 1.807) is 10.9 Å². The van der Waals surface area contributed by atoms with Gasteiger partial charge in [-0.3, -0.25) is 4.68 Å². The first-order valence-corrected chi connectivity index (χ1v) is 7.44. The zero-order valence-electron chi connectivity index (χ0n) is 12.4. The molecule has 0 saturated heterocycles. The summed E-state index contributed by atoms with van der Waals surface area (Å²) in [5.74, 6) is 0. The average Bonchev–Trinajstić information content (AvgIpc) is 3.08. The number of carbonyl (C=O) groups excluding carboxylic acids is 1. The SMILES string of the molecule is C[C@@H](Cn1cccn1)NC(=O)N[C@@H]1c2ccccc2C[C@@H]1O. The second kappa shape index (κ2) is 6.19. The van der Waals surface area contributed by atoms with E-state index in [1.165, 1.54) is 0 Å². The second-order valence-corrected chi connectivity index (χ2v) is 5.69. The first-order valence-electron chi connectivity index (χ1n) is 7.44. The Morgan fingerprint density at radius 3 is 3.05 bits per heavy atom. The summed E-state index contributed by atoms with van der Waals surface area (Å²) in [4.78, 5) is 12.1. The van der Waals surface area contributed by atoms with E-state index >= 15 is 0 Å². The summed E-state index contributed by atoms with van der Waals surface area (Å²) in [6.07, 6.45) is 3.56. The number of nitrogens with one attached hydrogen (secondary N) is 2. The van der Waals surface area contributed by atoms with Crippen molar-refractivity contribution in [1.29, 1.82) is 0 Å². The molecule has 0 aliphatic heterocycles. The Morgan fingerprint density at radius 1 is 1.45 bits per heavy atom. The van der Waals surface area contributed by atoms with Gasteiger partial charge in [0, 0.05) is 24.9 Å². The number of hydrogen-bond donors (Lipinski definition) is 3. The molecule has 1 heterocycles. The molecule has 3 atom stereocenters. The predicted octanol–water partition coefficient (Wildman–Crippen LogP) is 1.23. The monoisotopic (exact) mass is 300 g/mol. The average molecular weight is 300 g/mol. The fourth-order valence-corrected chi connectivity index (χ4v) is 2.89. The molecule has 1 aliphatic rings. The molecule has 6 heteroatoms. The molecule has 2 amide bonds. The summed E-state index contributed by atoms with van der Waals surface area (Å²) >= 11 is 0. The van der Waals surface area contributed by atoms with Crippen LogP contribution in [-0.4, -0.2) is 33.1 Å². The lowest BCUT2D eigenvalue weighted by atomic mass is 10.1. The Labute approximate surface area is 129 Å². The molecule has 0 saturated carbocycles. The Balaban J connectivity index is 1.58. The molecule has 1 aromatic heterocycles. The van der Waals surface area contributed by atoms with Crippen LogP contribution in [0, 0.1) is 0 Å². The highest BCUT2D eigenvalue weighted by atomic mass is 16.3. The number of aromatic nitrogens is 2. The van der Waals surface area contributed by atoms with Crippen LogP contribution in [0.1, 0.15) is 24.1 Å². The van der Waals surface area contributed by atoms with Gasteiger partial charge < -0.3 is 15.7 Å². The maximum absolute atomic E-state index is 12.1. The fraction of sp³-hybridized carbons (Fsp3) is 0.375. The molecule has 0 unspecified atom stereocenters. The molecular formula is C16H20N4O2. The minimum absolute atomic E-state index is 0.0614. The van der Waals surface area contributed by atoms with E-state index in [0.29, 0.717) is 13.0 Å². The van der Waals surface area contributed by atoms with E-state index < -0.39 is 6.10 Å². The summed E-state index contributed by atoms with van der Waals surface area (Å²) in [7, 11) is 0. The number of aliphatic hydroxyl groups is 1. The topological polar surface area (TPSA) is 79.2 Å². The molecule has 3 N–H and O–H groups in total. The predicted molar refractivity (Wildman–Crippen MR) is 82.3 cm³/mol. The van der Waals surface area contributed by atoms with Crippen LogP contribution in [0.4, 0.5) is 4.79 Å². The standard InChI is InChI=1S/C16H20N4O2/c1-11(10-20-8-4-7-17-20)18-16(22)19-15-13-6-3-2-5-12(13)9-14(15)21/h2-8,11,14-15,21H,9-10H2,1H3,(H2,18,19,22)/t11-,14-,15+/m0/s1. The highest BCUT2D eigenvalue weighted by Crippen LogP contribution is 2.30. The van der Waals surface area contributed by atoms with E-state index in [4.69, 9.17) is 0 Å². The molecule has 22 heavy (non-hydrogen) atoms. The van der Waals surface area contributed by atoms with E-state index in [2.05, 4.69) is 15.7 Å². The summed E-state index contributed by atoms with van der Waals surface area (Å²) in [6.45, 7) is 2.52. The largest absolute Gasteiger partial charge is 0.390 e. The third-order valence-electron chi connectivity index (χ3n) is 3.89. The van der Waals surface area contributed by atoms with Gasteiger partial charge in [0.25, 0.3) is 0 Å². The van der Waals surface area contributed by atoms with Gasteiger partial charge in [0.1, 0.15) is 0 Å². The van der Waals surface area contributed by atoms with Gasteiger partial charge in [-0.15, -0.1) is 0 Å². The van der Waals surface area contributed by atoms with Gasteiger partial charge in [-0.25, -0.2) is 4.79 Å². The Morgan fingerprint density at radius 2 is 2.27 bits per heavy atom. The van der Waals surface area contributed by atoms with Crippen LogP contribution in [-0.2, 0) is 13.0 Å². The summed E-state index contributed by atoms with van der Waals surface area (Å²) in [5.41, 5.74) is 2.08. The molecule has 0 spiro atoms. The first kappa shape index (κ1) is 14.6. The molecule has 6 nitrogen and oxygen atoms in total. The lowest BCUT2D eigenvalue weighted by Crippen LogP contribution is -2.45. The highest BCUT2D eigenvalue weighted by molar-refractivity contribution is 5.75. The van der Waals surface area contributed by atoms with Crippen LogP contribution in [0.25, 0.3) is 0 Å². The second-order valence-electron chi connectivity index (χ2n) is 5.69. The van der Waals surface area contributed by atoms with Gasteiger partial charge in [-0.05, 0) is 24.1 Å². The van der Waals surface area contributed by atoms with Crippen molar-refractivity contribution in [2.45, 2.75) is 38.1 Å². The van der Waals surface area contributed by atoms with Crippen molar-refractivity contribution in [3.8, 4) is 0 Å². The van der Waals surface area contributed by atoms with Gasteiger partial charge in [-0.1, -0.05) is 24.3 Å². The first-order chi connectivity index (χ1) is 10.6. The number of urea groups is 1. The summed E-state index contributed by atoms with van der Waals surface area (Å²) in [6, 6.07) is 8.95. The molecule has 0 radical (unpaired) electrons. The number of carbonyl (C=O) groups is 1. The molecule has 2 aromatic rings.